The molecule has 0 radical (unpaired) electrons. The maximum atomic E-state index is 12.1. The minimum Gasteiger partial charge on any atom is -0.457 e. The molecule has 0 spiro atoms. The van der Waals surface area contributed by atoms with E-state index in [0.29, 0.717) is 0 Å². The number of H-pyrrole nitrogens is 1. The van der Waals surface area contributed by atoms with Crippen LogP contribution in [0.2, 0.25) is 0 Å². The maximum Gasteiger partial charge on any atom is 0.329 e. The summed E-state index contributed by atoms with van der Waals surface area (Å²) in [6.07, 6.45) is 0. The predicted molar refractivity (Wildman–Crippen MR) is 98.6 cm³/mol. The quantitative estimate of drug-likeness (QED) is 0.433. The number of hydrogen-bond acceptors (Lipinski definition) is 7. The van der Waals surface area contributed by atoms with Crippen molar-refractivity contribution in [3.63, 3.8) is 0 Å². The Morgan fingerprint density at radius 3 is 2.62 bits per heavy atom. The van der Waals surface area contributed by atoms with E-state index in [9.17, 15) is 19.2 Å². The first-order valence-electron chi connectivity index (χ1n) is 7.68. The fraction of sp³-hybridized carbons (Fsp3) is 0.294. The van der Waals surface area contributed by atoms with Gasteiger partial charge in [0, 0.05) is 11.9 Å². The van der Waals surface area contributed by atoms with Gasteiger partial charge in [0.15, 0.2) is 6.61 Å². The summed E-state index contributed by atoms with van der Waals surface area (Å²) >= 11 is 1.30. The molecule has 1 heterocycles. The number of carbonyl (C=O) groups excluding carboxylic acids is 2. The Bertz CT molecular complexity index is 977. The van der Waals surface area contributed by atoms with Crippen LogP contribution in [-0.4, -0.2) is 33.7 Å². The van der Waals surface area contributed by atoms with Crippen molar-refractivity contribution in [1.82, 2.24) is 9.55 Å². The van der Waals surface area contributed by atoms with E-state index in [1.165, 1.54) is 18.8 Å². The third-order valence-electron chi connectivity index (χ3n) is 3.69. The van der Waals surface area contributed by atoms with Crippen molar-refractivity contribution in [2.24, 2.45) is 7.05 Å². The van der Waals surface area contributed by atoms with Crippen LogP contribution in [-0.2, 0) is 16.6 Å². The van der Waals surface area contributed by atoms with Gasteiger partial charge in [0.05, 0.1) is 5.75 Å². The van der Waals surface area contributed by atoms with Gasteiger partial charge in [0.25, 0.3) is 5.56 Å². The molecule has 138 valence electrons. The van der Waals surface area contributed by atoms with E-state index >= 15 is 0 Å². The number of carbonyl (C=O) groups is 2. The second-order valence-electron chi connectivity index (χ2n) is 5.72. The zero-order chi connectivity index (χ0) is 19.4. The Morgan fingerprint density at radius 1 is 1.27 bits per heavy atom. The van der Waals surface area contributed by atoms with Gasteiger partial charge in [-0.2, -0.15) is 0 Å². The first-order chi connectivity index (χ1) is 12.2. The number of nitrogens with one attached hydrogen (secondary N) is 1. The number of benzene rings is 1. The molecular formula is C17H19N3O5S. The van der Waals surface area contributed by atoms with Crippen molar-refractivity contribution >= 4 is 29.3 Å². The minimum atomic E-state index is -0.906. The second kappa shape index (κ2) is 8.05. The molecule has 0 amide bonds. The molecule has 0 saturated carbocycles. The van der Waals surface area contributed by atoms with Gasteiger partial charge in [-0.15, -0.1) is 11.8 Å². The van der Waals surface area contributed by atoms with E-state index in [1.807, 2.05) is 37.0 Å². The fourth-order valence-corrected chi connectivity index (χ4v) is 3.07. The average Bonchev–Trinajstić information content (AvgIpc) is 2.57. The smallest absolute Gasteiger partial charge is 0.329 e. The van der Waals surface area contributed by atoms with E-state index in [1.54, 1.807) is 0 Å². The molecule has 0 fully saturated rings. The lowest BCUT2D eigenvalue weighted by Crippen LogP contribution is -2.35. The van der Waals surface area contributed by atoms with Crippen LogP contribution in [0.25, 0.3) is 0 Å². The molecule has 0 bridgehead atoms. The first-order valence-corrected chi connectivity index (χ1v) is 8.67. The summed E-state index contributed by atoms with van der Waals surface area (Å²) in [5.74, 6) is -1.62. The molecule has 0 unspecified atom stereocenters. The summed E-state index contributed by atoms with van der Waals surface area (Å²) in [6, 6.07) is 5.86. The molecular weight excluding hydrogens is 358 g/mol. The largest absolute Gasteiger partial charge is 0.457 e. The van der Waals surface area contributed by atoms with Gasteiger partial charge >= 0.3 is 11.7 Å². The molecule has 0 saturated heterocycles. The number of nitrogens with two attached hydrogens (primary N) is 1. The van der Waals surface area contributed by atoms with Gasteiger partial charge in [0.2, 0.25) is 5.78 Å². The number of rotatable bonds is 6. The Hall–Kier alpha value is -2.81. The summed E-state index contributed by atoms with van der Waals surface area (Å²) in [6.45, 7) is 3.30. The number of Topliss-reactive ketones (excluding diaryl/α,β-unsaturated/α-hetero) is 1. The Labute approximate surface area is 153 Å². The number of hydrogen-bond donors (Lipinski definition) is 2. The highest BCUT2D eigenvalue weighted by Gasteiger charge is 2.19. The van der Waals surface area contributed by atoms with Crippen LogP contribution in [0, 0.1) is 13.8 Å². The van der Waals surface area contributed by atoms with Gasteiger partial charge < -0.3 is 10.5 Å². The number of ketones is 1. The molecule has 0 aliphatic carbocycles. The number of aromatic nitrogens is 2. The van der Waals surface area contributed by atoms with Crippen LogP contribution in [0.3, 0.4) is 0 Å². The normalized spacial score (nSPS) is 10.6. The van der Waals surface area contributed by atoms with Crippen molar-refractivity contribution in [3.05, 3.63) is 55.7 Å². The van der Waals surface area contributed by atoms with E-state index in [0.717, 1.165) is 20.6 Å². The molecule has 0 aliphatic rings. The highest BCUT2D eigenvalue weighted by atomic mass is 32.2. The van der Waals surface area contributed by atoms with E-state index in [4.69, 9.17) is 10.5 Å². The van der Waals surface area contributed by atoms with Crippen molar-refractivity contribution < 1.29 is 14.3 Å². The maximum absolute atomic E-state index is 12.1. The lowest BCUT2D eigenvalue weighted by Gasteiger charge is -2.09. The summed E-state index contributed by atoms with van der Waals surface area (Å²) < 4.78 is 5.86. The number of aryl methyl sites for hydroxylation is 2. The van der Waals surface area contributed by atoms with Crippen molar-refractivity contribution in [2.45, 2.75) is 18.7 Å². The summed E-state index contributed by atoms with van der Waals surface area (Å²) in [5, 5.41) is 0. The van der Waals surface area contributed by atoms with Crippen molar-refractivity contribution in [3.8, 4) is 0 Å². The standard InChI is InChI=1S/C17H19N3O5S/c1-9-4-5-12(10(2)6-9)26-8-13(22)25-7-11(21)14-15(18)20(3)17(24)19-16(14)23/h4-6H,7-8,18H2,1-3H3,(H,19,23,24). The van der Waals surface area contributed by atoms with Gasteiger partial charge in [-0.25, -0.2) is 4.79 Å². The second-order valence-corrected chi connectivity index (χ2v) is 6.74. The molecule has 8 nitrogen and oxygen atoms in total. The topological polar surface area (TPSA) is 124 Å². The fourth-order valence-electron chi connectivity index (χ4n) is 2.26. The lowest BCUT2D eigenvalue weighted by molar-refractivity contribution is -0.139. The van der Waals surface area contributed by atoms with Crippen molar-refractivity contribution in [2.75, 3.05) is 18.1 Å². The average molecular weight is 377 g/mol. The zero-order valence-electron chi connectivity index (χ0n) is 14.6. The van der Waals surface area contributed by atoms with Crippen LogP contribution in [0.15, 0.2) is 32.7 Å². The summed E-state index contributed by atoms with van der Waals surface area (Å²) in [5.41, 5.74) is 5.76. The molecule has 1 aromatic carbocycles. The third kappa shape index (κ3) is 4.42. The highest BCUT2D eigenvalue weighted by Crippen LogP contribution is 2.23. The monoisotopic (exact) mass is 377 g/mol. The minimum absolute atomic E-state index is 0.0241. The van der Waals surface area contributed by atoms with Crippen LogP contribution >= 0.6 is 11.8 Å². The van der Waals surface area contributed by atoms with E-state index in [-0.39, 0.29) is 11.6 Å². The molecule has 3 N–H and O–H groups in total. The van der Waals surface area contributed by atoms with E-state index < -0.39 is 35.2 Å². The molecule has 26 heavy (non-hydrogen) atoms. The number of nitrogens with zero attached hydrogens (tertiary/aromatic N) is 1. The molecule has 2 aromatic rings. The van der Waals surface area contributed by atoms with Crippen molar-refractivity contribution in [1.29, 1.82) is 0 Å². The SMILES string of the molecule is Cc1ccc(SCC(=O)OCC(=O)c2c(N)n(C)c(=O)[nH]c2=O)c(C)c1. The Morgan fingerprint density at radius 2 is 1.96 bits per heavy atom. The third-order valence-corrected chi connectivity index (χ3v) is 4.84. The zero-order valence-corrected chi connectivity index (χ0v) is 15.4. The molecule has 9 heteroatoms. The number of aromatic amines is 1. The number of esters is 1. The number of anilines is 1. The molecule has 0 aliphatic heterocycles. The summed E-state index contributed by atoms with van der Waals surface area (Å²) in [7, 11) is 1.32. The van der Waals surface area contributed by atoms with Crippen LogP contribution in [0.5, 0.6) is 0 Å². The lowest BCUT2D eigenvalue weighted by atomic mass is 10.2. The number of thioether (sulfide) groups is 1. The number of ether oxygens (including phenoxy) is 1. The van der Waals surface area contributed by atoms with Crippen LogP contribution in [0.4, 0.5) is 5.82 Å². The molecule has 2 rings (SSSR count). The summed E-state index contributed by atoms with van der Waals surface area (Å²) in [4.78, 5) is 50.1. The van der Waals surface area contributed by atoms with Gasteiger partial charge in [-0.3, -0.25) is 23.9 Å². The highest BCUT2D eigenvalue weighted by molar-refractivity contribution is 8.00. The Balaban J connectivity index is 1.97. The van der Waals surface area contributed by atoms with Gasteiger partial charge in [-0.05, 0) is 25.5 Å². The molecule has 1 aromatic heterocycles. The Kier molecular flexibility index (Phi) is 6.04. The number of nitrogen functional groups attached to an aromatic ring is 1. The van der Waals surface area contributed by atoms with Gasteiger partial charge in [0.1, 0.15) is 11.4 Å². The van der Waals surface area contributed by atoms with Crippen LogP contribution < -0.4 is 17.0 Å². The van der Waals surface area contributed by atoms with Gasteiger partial charge in [-0.1, -0.05) is 17.7 Å². The van der Waals surface area contributed by atoms with Crippen LogP contribution in [0.1, 0.15) is 21.5 Å². The molecule has 0 atom stereocenters. The first kappa shape index (κ1) is 19.5. The predicted octanol–water partition coefficient (Wildman–Crippen LogP) is 0.791. The van der Waals surface area contributed by atoms with E-state index in [2.05, 4.69) is 0 Å².